The van der Waals surface area contributed by atoms with E-state index in [-0.39, 0.29) is 18.1 Å². The number of para-hydroxylation sites is 1. The summed E-state index contributed by atoms with van der Waals surface area (Å²) in [6, 6.07) is 13.3. The maximum atomic E-state index is 12.7. The van der Waals surface area contributed by atoms with Crippen molar-refractivity contribution >= 4 is 28.9 Å². The molecular formula is C22H28ClN3O2. The molecule has 1 N–H and O–H groups in total. The fourth-order valence-corrected chi connectivity index (χ4v) is 4.04. The van der Waals surface area contributed by atoms with Gasteiger partial charge in [-0.05, 0) is 43.7 Å². The second-order valence-corrected chi connectivity index (χ2v) is 8.04. The third-order valence-corrected chi connectivity index (χ3v) is 5.10. The van der Waals surface area contributed by atoms with Crippen LogP contribution < -0.4 is 10.2 Å². The molecule has 3 rings (SSSR count). The summed E-state index contributed by atoms with van der Waals surface area (Å²) in [6.45, 7) is 6.92. The third kappa shape index (κ3) is 5.04. The van der Waals surface area contributed by atoms with Crippen LogP contribution in [0.5, 0.6) is 0 Å². The van der Waals surface area contributed by atoms with Crippen molar-refractivity contribution in [3.05, 3.63) is 58.6 Å². The van der Waals surface area contributed by atoms with E-state index >= 15 is 0 Å². The van der Waals surface area contributed by atoms with Crippen LogP contribution in [-0.2, 0) is 11.3 Å². The van der Waals surface area contributed by atoms with Crippen molar-refractivity contribution < 1.29 is 9.53 Å². The number of rotatable bonds is 5. The zero-order valence-corrected chi connectivity index (χ0v) is 17.7. The Morgan fingerprint density at radius 1 is 1.14 bits per heavy atom. The lowest BCUT2D eigenvalue weighted by atomic mass is 10.1. The molecule has 1 heterocycles. The number of amides is 1. The number of carbonyl (C=O) groups is 1. The summed E-state index contributed by atoms with van der Waals surface area (Å²) < 4.78 is 5.79. The van der Waals surface area contributed by atoms with Gasteiger partial charge in [0.25, 0.3) is 5.91 Å². The molecule has 2 aromatic rings. The second kappa shape index (κ2) is 8.95. The molecule has 0 aliphatic carbocycles. The van der Waals surface area contributed by atoms with Crippen LogP contribution in [0.25, 0.3) is 0 Å². The molecule has 0 spiro atoms. The van der Waals surface area contributed by atoms with Gasteiger partial charge in [0.2, 0.25) is 0 Å². The molecule has 6 heteroatoms. The number of nitrogens with zero attached hydrogens (tertiary/aromatic N) is 2. The number of hydrogen-bond acceptors (Lipinski definition) is 4. The molecular weight excluding hydrogens is 374 g/mol. The maximum absolute atomic E-state index is 12.7. The number of carbonyl (C=O) groups excluding carboxylic acids is 1. The second-order valence-electron chi connectivity index (χ2n) is 7.63. The summed E-state index contributed by atoms with van der Waals surface area (Å²) in [6.07, 6.45) is 0.495. The van der Waals surface area contributed by atoms with Gasteiger partial charge < -0.3 is 15.0 Å². The Labute approximate surface area is 172 Å². The van der Waals surface area contributed by atoms with E-state index in [1.165, 1.54) is 5.56 Å². The van der Waals surface area contributed by atoms with E-state index < -0.39 is 0 Å². The highest BCUT2D eigenvalue weighted by molar-refractivity contribution is 6.34. The zero-order valence-electron chi connectivity index (χ0n) is 16.9. The molecule has 28 heavy (non-hydrogen) atoms. The molecule has 0 aromatic heterocycles. The number of hydrogen-bond donors (Lipinski definition) is 1. The van der Waals surface area contributed by atoms with Crippen LogP contribution in [0.3, 0.4) is 0 Å². The number of ether oxygens (including phenoxy) is 1. The Kier molecular flexibility index (Phi) is 6.60. The van der Waals surface area contributed by atoms with E-state index in [4.69, 9.17) is 16.3 Å². The molecule has 2 unspecified atom stereocenters. The van der Waals surface area contributed by atoms with E-state index in [1.807, 2.05) is 61.5 Å². The monoisotopic (exact) mass is 401 g/mol. The van der Waals surface area contributed by atoms with Gasteiger partial charge in [0, 0.05) is 39.3 Å². The minimum atomic E-state index is -0.148. The Bertz CT molecular complexity index is 813. The normalized spacial score (nSPS) is 20.0. The van der Waals surface area contributed by atoms with E-state index in [1.54, 1.807) is 0 Å². The van der Waals surface area contributed by atoms with Crippen molar-refractivity contribution in [3.8, 4) is 0 Å². The fourth-order valence-electron chi connectivity index (χ4n) is 3.70. The highest BCUT2D eigenvalue weighted by Crippen LogP contribution is 2.32. The average Bonchev–Trinajstić information content (AvgIpc) is 2.61. The number of nitrogens with one attached hydrogen (secondary N) is 1. The first-order chi connectivity index (χ1) is 13.3. The summed E-state index contributed by atoms with van der Waals surface area (Å²) in [5.74, 6) is -0.148. The average molecular weight is 402 g/mol. The SMILES string of the molecule is CC1CN(Cc2ccc(C(=O)Nc3cccc(Cl)c3N(C)C)cc2)CC(C)O1. The van der Waals surface area contributed by atoms with Crippen molar-refractivity contribution in [2.75, 3.05) is 37.4 Å². The van der Waals surface area contributed by atoms with E-state index in [0.717, 1.165) is 25.3 Å². The van der Waals surface area contributed by atoms with Crippen LogP contribution in [0.4, 0.5) is 11.4 Å². The first-order valence-corrected chi connectivity index (χ1v) is 9.95. The van der Waals surface area contributed by atoms with Crippen LogP contribution in [0, 0.1) is 0 Å². The molecule has 2 atom stereocenters. The Morgan fingerprint density at radius 2 is 1.79 bits per heavy atom. The molecule has 1 aliphatic heterocycles. The minimum absolute atomic E-state index is 0.148. The Morgan fingerprint density at radius 3 is 2.39 bits per heavy atom. The van der Waals surface area contributed by atoms with Crippen LogP contribution in [0.1, 0.15) is 29.8 Å². The summed E-state index contributed by atoms with van der Waals surface area (Å²) in [4.78, 5) is 17.0. The quantitative estimate of drug-likeness (QED) is 0.812. The molecule has 1 saturated heterocycles. The van der Waals surface area contributed by atoms with Gasteiger partial charge in [0.15, 0.2) is 0 Å². The van der Waals surface area contributed by atoms with Gasteiger partial charge >= 0.3 is 0 Å². The molecule has 150 valence electrons. The third-order valence-electron chi connectivity index (χ3n) is 4.80. The molecule has 5 nitrogen and oxygen atoms in total. The van der Waals surface area contributed by atoms with Crippen molar-refractivity contribution in [1.82, 2.24) is 4.90 Å². The van der Waals surface area contributed by atoms with Crippen molar-refractivity contribution in [2.24, 2.45) is 0 Å². The van der Waals surface area contributed by atoms with Crippen molar-refractivity contribution in [1.29, 1.82) is 0 Å². The van der Waals surface area contributed by atoms with Crippen LogP contribution in [0.15, 0.2) is 42.5 Å². The predicted molar refractivity (Wildman–Crippen MR) is 115 cm³/mol. The predicted octanol–water partition coefficient (Wildman–Crippen LogP) is 4.27. The summed E-state index contributed by atoms with van der Waals surface area (Å²) in [5, 5.41) is 3.57. The first kappa shape index (κ1) is 20.6. The van der Waals surface area contributed by atoms with Gasteiger partial charge in [-0.15, -0.1) is 0 Å². The zero-order chi connectivity index (χ0) is 20.3. The van der Waals surface area contributed by atoms with Gasteiger partial charge in [0.1, 0.15) is 0 Å². The maximum Gasteiger partial charge on any atom is 0.255 e. The minimum Gasteiger partial charge on any atom is -0.375 e. The number of benzene rings is 2. The molecule has 0 bridgehead atoms. The van der Waals surface area contributed by atoms with Crippen molar-refractivity contribution in [2.45, 2.75) is 32.6 Å². The van der Waals surface area contributed by atoms with Crippen LogP contribution >= 0.6 is 11.6 Å². The highest BCUT2D eigenvalue weighted by Gasteiger charge is 2.22. The Balaban J connectivity index is 1.67. The molecule has 1 amide bonds. The first-order valence-electron chi connectivity index (χ1n) is 9.57. The lowest BCUT2D eigenvalue weighted by Gasteiger charge is -2.35. The summed E-state index contributed by atoms with van der Waals surface area (Å²) in [7, 11) is 3.80. The number of morpholine rings is 1. The van der Waals surface area contributed by atoms with Gasteiger partial charge in [-0.1, -0.05) is 29.8 Å². The van der Waals surface area contributed by atoms with Crippen LogP contribution in [0.2, 0.25) is 5.02 Å². The van der Waals surface area contributed by atoms with E-state index in [9.17, 15) is 4.79 Å². The van der Waals surface area contributed by atoms with E-state index in [0.29, 0.717) is 16.3 Å². The van der Waals surface area contributed by atoms with Gasteiger partial charge in [-0.25, -0.2) is 0 Å². The standard InChI is InChI=1S/C22H28ClN3O2/c1-15-12-26(13-16(2)28-15)14-17-8-10-18(11-9-17)22(27)24-20-7-5-6-19(23)21(20)25(3)4/h5-11,15-16H,12-14H2,1-4H3,(H,24,27). The molecule has 0 saturated carbocycles. The van der Waals surface area contributed by atoms with Gasteiger partial charge in [0.05, 0.1) is 28.6 Å². The summed E-state index contributed by atoms with van der Waals surface area (Å²) >= 11 is 6.28. The Hall–Kier alpha value is -2.08. The highest BCUT2D eigenvalue weighted by atomic mass is 35.5. The van der Waals surface area contributed by atoms with Crippen molar-refractivity contribution in [3.63, 3.8) is 0 Å². The lowest BCUT2D eigenvalue weighted by Crippen LogP contribution is -2.44. The topological polar surface area (TPSA) is 44.8 Å². The molecule has 2 aromatic carbocycles. The van der Waals surface area contributed by atoms with Crippen LogP contribution in [-0.4, -0.2) is 50.2 Å². The molecule has 1 aliphatic rings. The number of anilines is 2. The smallest absolute Gasteiger partial charge is 0.255 e. The fraction of sp³-hybridized carbons (Fsp3) is 0.409. The van der Waals surface area contributed by atoms with Gasteiger partial charge in [-0.2, -0.15) is 0 Å². The molecule has 1 fully saturated rings. The van der Waals surface area contributed by atoms with Gasteiger partial charge in [-0.3, -0.25) is 9.69 Å². The lowest BCUT2D eigenvalue weighted by molar-refractivity contribution is -0.0704. The number of halogens is 1. The molecule has 0 radical (unpaired) electrons. The largest absolute Gasteiger partial charge is 0.375 e. The summed E-state index contributed by atoms with van der Waals surface area (Å²) in [5.41, 5.74) is 3.30. The van der Waals surface area contributed by atoms with E-state index in [2.05, 4.69) is 24.1 Å².